The Labute approximate surface area is 146 Å². The Morgan fingerprint density at radius 2 is 2.08 bits per heavy atom. The number of aromatic nitrogens is 1. The fourth-order valence-electron chi connectivity index (χ4n) is 2.81. The second kappa shape index (κ2) is 7.03. The van der Waals surface area contributed by atoms with Gasteiger partial charge in [-0.2, -0.15) is 0 Å². The first-order valence-corrected chi connectivity index (χ1v) is 10.6. The number of aryl methyl sites for hydroxylation is 1. The standard InChI is InChI=1S/C17H20N2O3S2/c1-12-19-16(10-23-12)14-4-2-13(3-5-14)6-8-18-17(20)15-7-9-24(21,22)11-15/h2-5,10,15H,6-9,11H2,1H3,(H,18,20)/t15-/m1/s1. The fraction of sp³-hybridized carbons (Fsp3) is 0.412. The molecule has 5 nitrogen and oxygen atoms in total. The molecule has 2 aromatic rings. The third-order valence-electron chi connectivity index (χ3n) is 4.18. The maximum absolute atomic E-state index is 12.0. The molecule has 0 radical (unpaired) electrons. The average Bonchev–Trinajstić information content (AvgIpc) is 3.13. The summed E-state index contributed by atoms with van der Waals surface area (Å²) in [5.74, 6) is -0.417. The molecule has 1 fully saturated rings. The molecule has 3 rings (SSSR count). The number of hydrogen-bond acceptors (Lipinski definition) is 5. The molecule has 1 aliphatic rings. The van der Waals surface area contributed by atoms with Crippen molar-refractivity contribution in [3.8, 4) is 11.3 Å². The molecule has 0 aliphatic carbocycles. The molecular formula is C17H20N2O3S2. The zero-order valence-corrected chi connectivity index (χ0v) is 15.1. The molecule has 0 spiro atoms. The summed E-state index contributed by atoms with van der Waals surface area (Å²) in [6.45, 7) is 2.51. The van der Waals surface area contributed by atoms with Gasteiger partial charge in [0.2, 0.25) is 5.91 Å². The van der Waals surface area contributed by atoms with E-state index >= 15 is 0 Å². The van der Waals surface area contributed by atoms with Crippen LogP contribution in [0.2, 0.25) is 0 Å². The molecular weight excluding hydrogens is 344 g/mol. The lowest BCUT2D eigenvalue weighted by atomic mass is 10.1. The lowest BCUT2D eigenvalue weighted by Gasteiger charge is -2.09. The van der Waals surface area contributed by atoms with Crippen LogP contribution >= 0.6 is 11.3 Å². The number of hydrogen-bond donors (Lipinski definition) is 1. The van der Waals surface area contributed by atoms with Gasteiger partial charge in [-0.1, -0.05) is 24.3 Å². The Balaban J connectivity index is 1.49. The number of carbonyl (C=O) groups is 1. The van der Waals surface area contributed by atoms with Crippen molar-refractivity contribution in [2.24, 2.45) is 5.92 Å². The van der Waals surface area contributed by atoms with Crippen LogP contribution in [0.1, 0.15) is 17.0 Å². The van der Waals surface area contributed by atoms with Gasteiger partial charge < -0.3 is 5.32 Å². The molecule has 0 bridgehead atoms. The molecule has 0 saturated carbocycles. The molecule has 1 atom stereocenters. The van der Waals surface area contributed by atoms with Gasteiger partial charge in [-0.25, -0.2) is 13.4 Å². The second-order valence-electron chi connectivity index (χ2n) is 6.09. The summed E-state index contributed by atoms with van der Waals surface area (Å²) >= 11 is 1.63. The van der Waals surface area contributed by atoms with Gasteiger partial charge in [0.1, 0.15) is 0 Å². The quantitative estimate of drug-likeness (QED) is 0.882. The van der Waals surface area contributed by atoms with Crippen molar-refractivity contribution in [3.63, 3.8) is 0 Å². The van der Waals surface area contributed by atoms with Crippen LogP contribution in [0.4, 0.5) is 0 Å². The van der Waals surface area contributed by atoms with E-state index in [2.05, 4.69) is 10.3 Å². The van der Waals surface area contributed by atoms with Crippen molar-refractivity contribution in [1.82, 2.24) is 10.3 Å². The van der Waals surface area contributed by atoms with Gasteiger partial charge in [0, 0.05) is 17.5 Å². The largest absolute Gasteiger partial charge is 0.356 e. The minimum absolute atomic E-state index is 0.0133. The number of amides is 1. The van der Waals surface area contributed by atoms with Gasteiger partial charge in [-0.3, -0.25) is 4.79 Å². The molecule has 128 valence electrons. The topological polar surface area (TPSA) is 76.1 Å². The van der Waals surface area contributed by atoms with E-state index in [1.165, 1.54) is 0 Å². The van der Waals surface area contributed by atoms with Crippen molar-refractivity contribution < 1.29 is 13.2 Å². The van der Waals surface area contributed by atoms with Crippen LogP contribution in [0.15, 0.2) is 29.6 Å². The van der Waals surface area contributed by atoms with E-state index in [-0.39, 0.29) is 23.3 Å². The minimum Gasteiger partial charge on any atom is -0.356 e. The van der Waals surface area contributed by atoms with Gasteiger partial charge in [0.25, 0.3) is 0 Å². The smallest absolute Gasteiger partial charge is 0.224 e. The van der Waals surface area contributed by atoms with Crippen LogP contribution in [0.5, 0.6) is 0 Å². The third-order valence-corrected chi connectivity index (χ3v) is 6.73. The number of rotatable bonds is 5. The zero-order chi connectivity index (χ0) is 17.2. The normalized spacial score (nSPS) is 19.3. The van der Waals surface area contributed by atoms with E-state index < -0.39 is 9.84 Å². The molecule has 0 unspecified atom stereocenters. The molecule has 1 N–H and O–H groups in total. The minimum atomic E-state index is -3.01. The van der Waals surface area contributed by atoms with Crippen LogP contribution in [0.25, 0.3) is 11.3 Å². The van der Waals surface area contributed by atoms with E-state index in [1.54, 1.807) is 11.3 Å². The highest BCUT2D eigenvalue weighted by Gasteiger charge is 2.32. The van der Waals surface area contributed by atoms with Crippen molar-refractivity contribution in [2.45, 2.75) is 19.8 Å². The first-order valence-electron chi connectivity index (χ1n) is 7.92. The second-order valence-corrected chi connectivity index (χ2v) is 9.38. The zero-order valence-electron chi connectivity index (χ0n) is 13.5. The van der Waals surface area contributed by atoms with Crippen LogP contribution in [0, 0.1) is 12.8 Å². The highest BCUT2D eigenvalue weighted by molar-refractivity contribution is 7.91. The Kier molecular flexibility index (Phi) is 5.01. The molecule has 1 aliphatic heterocycles. The highest BCUT2D eigenvalue weighted by atomic mass is 32.2. The third kappa shape index (κ3) is 4.21. The van der Waals surface area contributed by atoms with E-state index in [0.717, 1.165) is 28.2 Å². The van der Waals surface area contributed by atoms with Crippen LogP contribution in [0.3, 0.4) is 0 Å². The number of thiazole rings is 1. The molecule has 7 heteroatoms. The van der Waals surface area contributed by atoms with Crippen molar-refractivity contribution in [3.05, 3.63) is 40.2 Å². The first-order chi connectivity index (χ1) is 11.4. The molecule has 1 saturated heterocycles. The Bertz CT molecular complexity index is 826. The number of nitrogens with one attached hydrogen (secondary N) is 1. The number of nitrogens with zero attached hydrogens (tertiary/aromatic N) is 1. The predicted molar refractivity (Wildman–Crippen MR) is 95.8 cm³/mol. The van der Waals surface area contributed by atoms with Crippen molar-refractivity contribution in [1.29, 1.82) is 0 Å². The Morgan fingerprint density at radius 1 is 1.33 bits per heavy atom. The molecule has 2 heterocycles. The summed E-state index contributed by atoms with van der Waals surface area (Å²) < 4.78 is 22.8. The summed E-state index contributed by atoms with van der Waals surface area (Å²) in [6.07, 6.45) is 1.16. The van der Waals surface area contributed by atoms with E-state index in [9.17, 15) is 13.2 Å². The number of benzene rings is 1. The number of sulfone groups is 1. The van der Waals surface area contributed by atoms with Gasteiger partial charge in [0.05, 0.1) is 28.1 Å². The maximum Gasteiger partial charge on any atom is 0.224 e. The van der Waals surface area contributed by atoms with Gasteiger partial charge in [-0.05, 0) is 25.3 Å². The summed E-state index contributed by atoms with van der Waals surface area (Å²) in [5.41, 5.74) is 3.20. The fourth-order valence-corrected chi connectivity index (χ4v) is 5.18. The molecule has 1 amide bonds. The van der Waals surface area contributed by atoms with E-state index in [0.29, 0.717) is 13.0 Å². The van der Waals surface area contributed by atoms with Crippen LogP contribution < -0.4 is 5.32 Å². The molecule has 1 aromatic heterocycles. The average molecular weight is 364 g/mol. The molecule has 1 aromatic carbocycles. The predicted octanol–water partition coefficient (Wildman–Crippen LogP) is 2.21. The van der Waals surface area contributed by atoms with Crippen LogP contribution in [-0.4, -0.2) is 37.4 Å². The summed E-state index contributed by atoms with van der Waals surface area (Å²) in [4.78, 5) is 16.4. The molecule has 24 heavy (non-hydrogen) atoms. The first kappa shape index (κ1) is 17.1. The lowest BCUT2D eigenvalue weighted by Crippen LogP contribution is -2.32. The monoisotopic (exact) mass is 364 g/mol. The van der Waals surface area contributed by atoms with Gasteiger partial charge >= 0.3 is 0 Å². The van der Waals surface area contributed by atoms with Crippen molar-refractivity contribution in [2.75, 3.05) is 18.1 Å². The van der Waals surface area contributed by atoms with Gasteiger partial charge in [0.15, 0.2) is 9.84 Å². The summed E-state index contributed by atoms with van der Waals surface area (Å²) in [7, 11) is -3.01. The van der Waals surface area contributed by atoms with E-state index in [1.807, 2.05) is 36.6 Å². The summed E-state index contributed by atoms with van der Waals surface area (Å²) in [6, 6.07) is 8.15. The number of carbonyl (C=O) groups excluding carboxylic acids is 1. The Hall–Kier alpha value is -1.73. The van der Waals surface area contributed by atoms with Gasteiger partial charge in [-0.15, -0.1) is 11.3 Å². The van der Waals surface area contributed by atoms with Crippen molar-refractivity contribution >= 4 is 27.1 Å². The van der Waals surface area contributed by atoms with E-state index in [4.69, 9.17) is 0 Å². The highest BCUT2D eigenvalue weighted by Crippen LogP contribution is 2.22. The summed E-state index contributed by atoms with van der Waals surface area (Å²) in [5, 5.41) is 5.94. The Morgan fingerprint density at radius 3 is 2.67 bits per heavy atom. The lowest BCUT2D eigenvalue weighted by molar-refractivity contribution is -0.124. The maximum atomic E-state index is 12.0. The van der Waals surface area contributed by atoms with Crippen LogP contribution in [-0.2, 0) is 21.1 Å². The SMILES string of the molecule is Cc1nc(-c2ccc(CCNC(=O)[C@@H]3CCS(=O)(=O)C3)cc2)cs1.